The third-order valence-electron chi connectivity index (χ3n) is 1.05. The first kappa shape index (κ1) is 11.7. The number of aliphatic hydroxyl groups excluding tert-OH is 1. The molecule has 0 radical (unpaired) electrons. The van der Waals surface area contributed by atoms with Gasteiger partial charge in [-0.3, -0.25) is 0 Å². The largest absolute Gasteiger partial charge is 0.395 e. The van der Waals surface area contributed by atoms with Crippen molar-refractivity contribution < 1.29 is 22.3 Å². The zero-order valence-electron chi connectivity index (χ0n) is 6.15. The van der Waals surface area contributed by atoms with Gasteiger partial charge < -0.3 is 5.11 Å². The highest BCUT2D eigenvalue weighted by Gasteiger charge is 2.20. The topological polar surface area (TPSA) is 83.6 Å². The second kappa shape index (κ2) is 4.65. The van der Waals surface area contributed by atoms with Gasteiger partial charge in [0.2, 0.25) is 0 Å². The molecule has 12 heavy (non-hydrogen) atoms. The smallest absolute Gasteiger partial charge is 0.277 e. The van der Waals surface area contributed by atoms with Gasteiger partial charge in [-0.2, -0.15) is 12.7 Å². The van der Waals surface area contributed by atoms with Crippen molar-refractivity contribution in [2.75, 3.05) is 19.7 Å². The SMILES string of the molecule is NS(=O)(=O)N(CCO)CC(F)F. The van der Waals surface area contributed by atoms with Gasteiger partial charge in [-0.15, -0.1) is 0 Å². The van der Waals surface area contributed by atoms with Crippen LogP contribution in [0, 0.1) is 0 Å². The van der Waals surface area contributed by atoms with E-state index in [9.17, 15) is 17.2 Å². The molecule has 0 fully saturated rings. The van der Waals surface area contributed by atoms with E-state index in [0.717, 1.165) is 0 Å². The van der Waals surface area contributed by atoms with E-state index in [1.807, 2.05) is 0 Å². The van der Waals surface area contributed by atoms with E-state index in [1.54, 1.807) is 0 Å². The van der Waals surface area contributed by atoms with Crippen molar-refractivity contribution in [1.82, 2.24) is 4.31 Å². The summed E-state index contributed by atoms with van der Waals surface area (Å²) >= 11 is 0. The minimum Gasteiger partial charge on any atom is -0.395 e. The van der Waals surface area contributed by atoms with Crippen LogP contribution in [0.15, 0.2) is 0 Å². The third-order valence-corrected chi connectivity index (χ3v) is 2.10. The Bertz CT molecular complexity index is 218. The molecule has 0 saturated heterocycles. The van der Waals surface area contributed by atoms with Crippen molar-refractivity contribution in [2.24, 2.45) is 5.14 Å². The van der Waals surface area contributed by atoms with E-state index in [1.165, 1.54) is 0 Å². The molecule has 0 aliphatic carbocycles. The number of hydrogen-bond acceptors (Lipinski definition) is 3. The van der Waals surface area contributed by atoms with Crippen molar-refractivity contribution in [2.45, 2.75) is 6.43 Å². The lowest BCUT2D eigenvalue weighted by Crippen LogP contribution is -2.41. The molecule has 0 amide bonds. The molecule has 8 heteroatoms. The maximum absolute atomic E-state index is 11.7. The van der Waals surface area contributed by atoms with E-state index in [0.29, 0.717) is 4.31 Å². The summed E-state index contributed by atoms with van der Waals surface area (Å²) < 4.78 is 44.7. The summed E-state index contributed by atoms with van der Waals surface area (Å²) in [7, 11) is -4.13. The molecular formula is C4H10F2N2O3S. The fourth-order valence-corrected chi connectivity index (χ4v) is 1.24. The number of rotatable bonds is 5. The van der Waals surface area contributed by atoms with Crippen molar-refractivity contribution in [1.29, 1.82) is 0 Å². The molecule has 0 saturated carbocycles. The van der Waals surface area contributed by atoms with Gasteiger partial charge in [0, 0.05) is 6.54 Å². The number of aliphatic hydroxyl groups is 1. The average Bonchev–Trinajstić information content (AvgIpc) is 1.83. The van der Waals surface area contributed by atoms with Crippen LogP contribution >= 0.6 is 0 Å². The first-order valence-electron chi connectivity index (χ1n) is 3.04. The van der Waals surface area contributed by atoms with E-state index >= 15 is 0 Å². The molecule has 0 heterocycles. The Morgan fingerprint density at radius 2 is 2.00 bits per heavy atom. The highest BCUT2D eigenvalue weighted by atomic mass is 32.2. The molecule has 0 aromatic rings. The first-order chi connectivity index (χ1) is 5.38. The molecule has 0 spiro atoms. The number of nitrogens with two attached hydrogens (primary N) is 1. The van der Waals surface area contributed by atoms with Gasteiger partial charge in [0.1, 0.15) is 0 Å². The van der Waals surface area contributed by atoms with Crippen LogP contribution in [0.5, 0.6) is 0 Å². The molecule has 0 aliphatic heterocycles. The summed E-state index contributed by atoms with van der Waals surface area (Å²) in [6.45, 7) is -1.94. The quantitative estimate of drug-likeness (QED) is 0.587. The molecular weight excluding hydrogens is 194 g/mol. The lowest BCUT2D eigenvalue weighted by Gasteiger charge is -2.16. The van der Waals surface area contributed by atoms with Crippen LogP contribution in [0.2, 0.25) is 0 Å². The fourth-order valence-electron chi connectivity index (χ4n) is 0.588. The Balaban J connectivity index is 4.24. The standard InChI is InChI=1S/C4H10F2N2O3S/c5-4(6)3-8(1-2-9)12(7,10)11/h4,9H,1-3H2,(H2,7,10,11). The van der Waals surface area contributed by atoms with Gasteiger partial charge in [0.05, 0.1) is 13.2 Å². The minimum absolute atomic E-state index is 0.317. The zero-order valence-corrected chi connectivity index (χ0v) is 6.97. The van der Waals surface area contributed by atoms with Crippen LogP contribution in [-0.2, 0) is 10.2 Å². The van der Waals surface area contributed by atoms with Crippen LogP contribution in [0.1, 0.15) is 0 Å². The molecule has 3 N–H and O–H groups in total. The van der Waals surface area contributed by atoms with E-state index in [-0.39, 0.29) is 0 Å². The van der Waals surface area contributed by atoms with Crippen molar-refractivity contribution >= 4 is 10.2 Å². The Kier molecular flexibility index (Phi) is 4.53. The van der Waals surface area contributed by atoms with Gasteiger partial charge >= 0.3 is 0 Å². The minimum atomic E-state index is -4.13. The van der Waals surface area contributed by atoms with Crippen LogP contribution in [0.3, 0.4) is 0 Å². The fraction of sp³-hybridized carbons (Fsp3) is 1.00. The van der Waals surface area contributed by atoms with Crippen LogP contribution < -0.4 is 5.14 Å². The Labute approximate surface area is 69.0 Å². The summed E-state index contributed by atoms with van der Waals surface area (Å²) in [4.78, 5) is 0. The number of nitrogens with zero attached hydrogens (tertiary/aromatic N) is 1. The average molecular weight is 204 g/mol. The zero-order chi connectivity index (χ0) is 9.78. The molecule has 5 nitrogen and oxygen atoms in total. The normalized spacial score (nSPS) is 12.8. The van der Waals surface area contributed by atoms with Crippen LogP contribution in [-0.4, -0.2) is 44.0 Å². The lowest BCUT2D eigenvalue weighted by molar-refractivity contribution is 0.113. The van der Waals surface area contributed by atoms with Crippen molar-refractivity contribution in [3.63, 3.8) is 0 Å². The third kappa shape index (κ3) is 4.54. The highest BCUT2D eigenvalue weighted by Crippen LogP contribution is 2.00. The molecule has 0 atom stereocenters. The number of hydrogen-bond donors (Lipinski definition) is 2. The van der Waals surface area contributed by atoms with Gasteiger partial charge in [0.25, 0.3) is 16.6 Å². The summed E-state index contributed by atoms with van der Waals surface area (Å²) in [6.07, 6.45) is -2.80. The van der Waals surface area contributed by atoms with E-state index in [2.05, 4.69) is 5.14 Å². The maximum atomic E-state index is 11.7. The molecule has 0 unspecified atom stereocenters. The van der Waals surface area contributed by atoms with Gasteiger partial charge in [-0.25, -0.2) is 13.9 Å². The van der Waals surface area contributed by atoms with Crippen LogP contribution in [0.4, 0.5) is 8.78 Å². The number of halogens is 2. The summed E-state index contributed by atoms with van der Waals surface area (Å²) in [5.41, 5.74) is 0. The van der Waals surface area contributed by atoms with E-state index in [4.69, 9.17) is 5.11 Å². The predicted octanol–water partition coefficient (Wildman–Crippen LogP) is -1.25. The Hall–Kier alpha value is -0.310. The maximum Gasteiger partial charge on any atom is 0.277 e. The summed E-state index contributed by atoms with van der Waals surface area (Å²) in [5.74, 6) is 0. The van der Waals surface area contributed by atoms with Gasteiger partial charge in [-0.1, -0.05) is 0 Å². The molecule has 74 valence electrons. The monoisotopic (exact) mass is 204 g/mol. The Morgan fingerprint density at radius 3 is 2.25 bits per heavy atom. The van der Waals surface area contributed by atoms with Crippen LogP contribution in [0.25, 0.3) is 0 Å². The second-order valence-corrected chi connectivity index (χ2v) is 3.56. The molecule has 0 aliphatic rings. The molecule has 0 bridgehead atoms. The first-order valence-corrected chi connectivity index (χ1v) is 4.55. The summed E-state index contributed by atoms with van der Waals surface area (Å²) in [5, 5.41) is 12.9. The number of alkyl halides is 2. The Morgan fingerprint density at radius 1 is 1.50 bits per heavy atom. The van der Waals surface area contributed by atoms with Gasteiger partial charge in [-0.05, 0) is 0 Å². The predicted molar refractivity (Wildman–Crippen MR) is 37.8 cm³/mol. The summed E-state index contributed by atoms with van der Waals surface area (Å²) in [6, 6.07) is 0. The van der Waals surface area contributed by atoms with Crippen molar-refractivity contribution in [3.05, 3.63) is 0 Å². The van der Waals surface area contributed by atoms with E-state index < -0.39 is 36.3 Å². The highest BCUT2D eigenvalue weighted by molar-refractivity contribution is 7.86. The second-order valence-electron chi connectivity index (χ2n) is 2.02. The van der Waals surface area contributed by atoms with Gasteiger partial charge in [0.15, 0.2) is 0 Å². The molecule has 0 rings (SSSR count). The molecule has 0 aromatic heterocycles. The lowest BCUT2D eigenvalue weighted by atomic mass is 10.6. The molecule has 0 aromatic carbocycles. The van der Waals surface area contributed by atoms with Crippen molar-refractivity contribution in [3.8, 4) is 0 Å².